The van der Waals surface area contributed by atoms with Gasteiger partial charge >= 0.3 is 23.9 Å². The van der Waals surface area contributed by atoms with Crippen LogP contribution < -0.4 is 15.2 Å². The molecule has 0 aliphatic rings. The van der Waals surface area contributed by atoms with Crippen LogP contribution in [0.3, 0.4) is 0 Å². The fourth-order valence-corrected chi connectivity index (χ4v) is 4.03. The van der Waals surface area contributed by atoms with Crippen LogP contribution in [-0.4, -0.2) is 40.6 Å². The van der Waals surface area contributed by atoms with Gasteiger partial charge in [-0.2, -0.15) is 0 Å². The molecule has 0 aromatic heterocycles. The Balaban J connectivity index is 3.20. The molecular weight excluding hydrogens is 502 g/mol. The number of esters is 3. The predicted molar refractivity (Wildman–Crippen MR) is 148 cm³/mol. The number of ether oxygens (including phenoxy) is 3. The number of rotatable bonds is 17. The van der Waals surface area contributed by atoms with E-state index in [2.05, 4.69) is 0 Å². The van der Waals surface area contributed by atoms with Gasteiger partial charge in [0, 0.05) is 25.7 Å². The number of carbonyl (C=O) groups excluding carboxylic acids is 3. The Hall–Kier alpha value is -2.94. The second kappa shape index (κ2) is 16.2. The summed E-state index contributed by atoms with van der Waals surface area (Å²) in [4.78, 5) is 49.5. The predicted octanol–water partition coefficient (Wildman–Crippen LogP) is 5.45. The monoisotopic (exact) mass is 549 g/mol. The number of carboxylic acids is 1. The fourth-order valence-electron chi connectivity index (χ4n) is 4.03. The van der Waals surface area contributed by atoms with Crippen LogP contribution in [0.25, 0.3) is 0 Å². The molecule has 1 aromatic rings. The van der Waals surface area contributed by atoms with Gasteiger partial charge in [0.05, 0.1) is 5.92 Å². The fraction of sp³-hybridized carbons (Fsp3) is 0.667. The maximum atomic E-state index is 12.6. The largest absolute Gasteiger partial charge is 0.480 e. The number of aliphatic carboxylic acids is 1. The molecule has 0 fully saturated rings. The molecule has 0 aliphatic heterocycles. The van der Waals surface area contributed by atoms with Crippen LogP contribution in [0, 0.1) is 17.8 Å². The summed E-state index contributed by atoms with van der Waals surface area (Å²) >= 11 is 0. The van der Waals surface area contributed by atoms with Crippen molar-refractivity contribution < 1.29 is 38.5 Å². The van der Waals surface area contributed by atoms with E-state index in [-0.39, 0.29) is 54.9 Å². The van der Waals surface area contributed by atoms with Gasteiger partial charge in [0.15, 0.2) is 11.5 Å². The first-order valence-corrected chi connectivity index (χ1v) is 14.0. The quantitative estimate of drug-likeness (QED) is 0.191. The molecule has 5 atom stereocenters. The Bertz CT molecular complexity index is 978. The minimum atomic E-state index is -1.76. The third kappa shape index (κ3) is 11.8. The van der Waals surface area contributed by atoms with Crippen LogP contribution in [0.5, 0.6) is 11.5 Å². The highest BCUT2D eigenvalue weighted by molar-refractivity contribution is 5.80. The Kier molecular flexibility index (Phi) is 14.2. The van der Waals surface area contributed by atoms with Crippen LogP contribution in [0.15, 0.2) is 18.2 Å². The lowest BCUT2D eigenvalue weighted by molar-refractivity contribution is -0.156. The van der Waals surface area contributed by atoms with Crippen LogP contribution >= 0.6 is 0 Å². The van der Waals surface area contributed by atoms with E-state index < -0.39 is 35.5 Å². The Labute approximate surface area is 232 Å². The molecule has 220 valence electrons. The van der Waals surface area contributed by atoms with E-state index in [9.17, 15) is 24.3 Å². The van der Waals surface area contributed by atoms with Gasteiger partial charge in [-0.3, -0.25) is 19.2 Å². The molecule has 4 unspecified atom stereocenters. The Morgan fingerprint density at radius 2 is 1.44 bits per heavy atom. The Morgan fingerprint density at radius 1 is 0.897 bits per heavy atom. The molecule has 0 amide bonds. The standard InChI is InChI=1S/C30H47NO8/c1-8-11-21(6)28(34)37-22(7)17-30(31,29(35)36)18-23-12-13-24(38-26(32)14-19(4)9-2)25(16-23)39-27(33)15-20(5)10-3/h12-13,16,19-22H,8-11,14-15,17-18,31H2,1-7H3,(H,35,36)/t19?,20?,21?,22-,30?/m0/s1. The summed E-state index contributed by atoms with van der Waals surface area (Å²) in [6, 6.07) is 4.54. The van der Waals surface area contributed by atoms with Crippen LogP contribution in [-0.2, 0) is 30.3 Å². The van der Waals surface area contributed by atoms with E-state index in [4.69, 9.17) is 19.9 Å². The van der Waals surface area contributed by atoms with Crippen molar-refractivity contribution in [2.75, 3.05) is 0 Å². The molecule has 0 heterocycles. The topological polar surface area (TPSA) is 142 Å². The molecule has 39 heavy (non-hydrogen) atoms. The Morgan fingerprint density at radius 3 is 1.92 bits per heavy atom. The number of nitrogens with two attached hydrogens (primary N) is 1. The molecule has 0 saturated heterocycles. The van der Waals surface area contributed by atoms with Crippen LogP contribution in [0.1, 0.15) is 99.0 Å². The van der Waals surface area contributed by atoms with E-state index >= 15 is 0 Å². The van der Waals surface area contributed by atoms with Crippen molar-refractivity contribution in [3.05, 3.63) is 23.8 Å². The molecule has 0 aliphatic carbocycles. The van der Waals surface area contributed by atoms with E-state index in [1.54, 1.807) is 19.9 Å². The zero-order valence-corrected chi connectivity index (χ0v) is 24.6. The second-order valence-corrected chi connectivity index (χ2v) is 10.9. The van der Waals surface area contributed by atoms with Crippen molar-refractivity contribution in [3.8, 4) is 11.5 Å². The molecule has 0 bridgehead atoms. The number of carbonyl (C=O) groups is 4. The molecule has 9 heteroatoms. The zero-order valence-electron chi connectivity index (χ0n) is 24.6. The van der Waals surface area contributed by atoms with Crippen molar-refractivity contribution >= 4 is 23.9 Å². The smallest absolute Gasteiger partial charge is 0.324 e. The van der Waals surface area contributed by atoms with E-state index in [1.807, 2.05) is 34.6 Å². The highest BCUT2D eigenvalue weighted by Gasteiger charge is 2.37. The molecule has 0 radical (unpaired) electrons. The summed E-state index contributed by atoms with van der Waals surface area (Å²) in [7, 11) is 0. The van der Waals surface area contributed by atoms with Crippen molar-refractivity contribution in [2.24, 2.45) is 23.5 Å². The van der Waals surface area contributed by atoms with Gasteiger partial charge in [-0.1, -0.05) is 66.9 Å². The van der Waals surface area contributed by atoms with Crippen LogP contribution in [0.2, 0.25) is 0 Å². The van der Waals surface area contributed by atoms with Crippen molar-refractivity contribution in [1.82, 2.24) is 0 Å². The molecular formula is C30H47NO8. The SMILES string of the molecule is CCCC(C)C(=O)O[C@@H](C)CC(N)(Cc1ccc(OC(=O)CC(C)CC)c(OC(=O)CC(C)CC)c1)C(=O)O. The molecule has 1 aromatic carbocycles. The molecule has 0 saturated carbocycles. The van der Waals surface area contributed by atoms with E-state index in [0.717, 1.165) is 19.3 Å². The summed E-state index contributed by atoms with van der Waals surface area (Å²) in [6.07, 6.45) is 2.50. The first-order chi connectivity index (χ1) is 18.2. The third-order valence-corrected chi connectivity index (χ3v) is 6.92. The van der Waals surface area contributed by atoms with E-state index in [0.29, 0.717) is 12.0 Å². The minimum absolute atomic E-state index is 0.0268. The number of carboxylic acid groups (broad SMARTS) is 1. The summed E-state index contributed by atoms with van der Waals surface area (Å²) in [6.45, 7) is 13.2. The zero-order chi connectivity index (χ0) is 29.8. The summed E-state index contributed by atoms with van der Waals surface area (Å²) in [5.41, 5.74) is 5.02. The lowest BCUT2D eigenvalue weighted by Gasteiger charge is -2.28. The highest BCUT2D eigenvalue weighted by atomic mass is 16.6. The van der Waals surface area contributed by atoms with Gasteiger partial charge in [-0.25, -0.2) is 0 Å². The third-order valence-electron chi connectivity index (χ3n) is 6.92. The maximum Gasteiger partial charge on any atom is 0.324 e. The molecule has 3 N–H and O–H groups in total. The van der Waals surface area contributed by atoms with Crippen molar-refractivity contribution in [1.29, 1.82) is 0 Å². The average Bonchev–Trinajstić information content (AvgIpc) is 2.85. The summed E-state index contributed by atoms with van der Waals surface area (Å²) < 4.78 is 16.6. The van der Waals surface area contributed by atoms with Crippen molar-refractivity contribution in [2.45, 2.75) is 111 Å². The van der Waals surface area contributed by atoms with Crippen molar-refractivity contribution in [3.63, 3.8) is 0 Å². The highest BCUT2D eigenvalue weighted by Crippen LogP contribution is 2.32. The summed E-state index contributed by atoms with van der Waals surface area (Å²) in [5.74, 6) is -2.55. The molecule has 1 rings (SSSR count). The number of hydrogen-bond donors (Lipinski definition) is 2. The minimum Gasteiger partial charge on any atom is -0.480 e. The maximum absolute atomic E-state index is 12.6. The number of hydrogen-bond acceptors (Lipinski definition) is 8. The van der Waals surface area contributed by atoms with Gasteiger partial charge in [-0.05, 0) is 42.9 Å². The normalized spacial score (nSPS) is 15.8. The molecule has 9 nitrogen and oxygen atoms in total. The molecule has 0 spiro atoms. The van der Waals surface area contributed by atoms with Gasteiger partial charge in [0.25, 0.3) is 0 Å². The van der Waals surface area contributed by atoms with Gasteiger partial charge in [0.2, 0.25) is 0 Å². The first-order valence-electron chi connectivity index (χ1n) is 14.0. The number of benzene rings is 1. The lowest BCUT2D eigenvalue weighted by Crippen LogP contribution is -2.52. The van der Waals surface area contributed by atoms with Gasteiger partial charge in [-0.15, -0.1) is 0 Å². The lowest BCUT2D eigenvalue weighted by atomic mass is 9.86. The average molecular weight is 550 g/mol. The summed E-state index contributed by atoms with van der Waals surface area (Å²) in [5, 5.41) is 9.97. The first kappa shape index (κ1) is 34.1. The van der Waals surface area contributed by atoms with Gasteiger partial charge in [0.1, 0.15) is 11.6 Å². The van der Waals surface area contributed by atoms with Gasteiger partial charge < -0.3 is 25.1 Å². The van der Waals surface area contributed by atoms with E-state index in [1.165, 1.54) is 12.1 Å². The van der Waals surface area contributed by atoms with Crippen LogP contribution in [0.4, 0.5) is 0 Å². The second-order valence-electron chi connectivity index (χ2n) is 10.9.